The summed E-state index contributed by atoms with van der Waals surface area (Å²) in [7, 11) is -2.59. The van der Waals surface area contributed by atoms with Crippen LogP contribution in [0.5, 0.6) is 0 Å². The number of primary amides is 1. The van der Waals surface area contributed by atoms with E-state index in [4.69, 9.17) is 22.1 Å². The Morgan fingerprint density at radius 3 is 2.49 bits per heavy atom. The number of halogens is 1. The van der Waals surface area contributed by atoms with Gasteiger partial charge in [-0.2, -0.15) is 4.31 Å². The van der Waals surface area contributed by atoms with Gasteiger partial charge in [-0.3, -0.25) is 19.3 Å². The molecule has 39 heavy (non-hydrogen) atoms. The average molecular weight is 580 g/mol. The Balaban J connectivity index is 1.50. The lowest BCUT2D eigenvalue weighted by molar-refractivity contribution is -0.143. The van der Waals surface area contributed by atoms with E-state index in [9.17, 15) is 22.8 Å². The van der Waals surface area contributed by atoms with Gasteiger partial charge in [0.05, 0.1) is 24.7 Å². The van der Waals surface area contributed by atoms with Gasteiger partial charge in [0, 0.05) is 44.8 Å². The molecular weight excluding hydrogens is 546 g/mol. The van der Waals surface area contributed by atoms with Crippen molar-refractivity contribution < 1.29 is 27.5 Å². The summed E-state index contributed by atoms with van der Waals surface area (Å²) >= 11 is 6.04. The van der Waals surface area contributed by atoms with Crippen molar-refractivity contribution >= 4 is 50.1 Å². The lowest BCUT2D eigenvalue weighted by atomic mass is 10.1. The van der Waals surface area contributed by atoms with Crippen molar-refractivity contribution in [1.82, 2.24) is 19.0 Å². The van der Waals surface area contributed by atoms with Crippen LogP contribution in [-0.4, -0.2) is 117 Å². The van der Waals surface area contributed by atoms with Gasteiger partial charge >= 0.3 is 0 Å². The molecule has 0 bridgehead atoms. The lowest BCUT2D eigenvalue weighted by Crippen LogP contribution is -2.52. The molecule has 0 radical (unpaired) electrons. The van der Waals surface area contributed by atoms with Crippen molar-refractivity contribution in [2.45, 2.75) is 30.3 Å². The molecule has 0 aromatic heterocycles. The predicted octanol–water partition coefficient (Wildman–Crippen LogP) is 0.749. The molecule has 2 aromatic rings. The number of sulfonamides is 1. The zero-order valence-electron chi connectivity index (χ0n) is 22.1. The van der Waals surface area contributed by atoms with Gasteiger partial charge in [0.25, 0.3) is 0 Å². The van der Waals surface area contributed by atoms with E-state index in [1.807, 2.05) is 0 Å². The summed E-state index contributed by atoms with van der Waals surface area (Å²) in [4.78, 5) is 43.7. The van der Waals surface area contributed by atoms with Gasteiger partial charge in [-0.25, -0.2) is 8.42 Å². The molecule has 4 rings (SSSR count). The van der Waals surface area contributed by atoms with Crippen LogP contribution in [0.3, 0.4) is 0 Å². The average Bonchev–Trinajstić information content (AvgIpc) is 3.30. The van der Waals surface area contributed by atoms with Crippen LogP contribution in [0, 0.1) is 0 Å². The molecular formula is C26H34ClN5O6S. The van der Waals surface area contributed by atoms with Gasteiger partial charge in [0.1, 0.15) is 12.1 Å². The number of likely N-dealkylation sites (tertiary alicyclic amines) is 1. The first-order chi connectivity index (χ1) is 18.5. The fourth-order valence-corrected chi connectivity index (χ4v) is 6.82. The van der Waals surface area contributed by atoms with Crippen molar-refractivity contribution in [3.8, 4) is 0 Å². The topological polar surface area (TPSA) is 134 Å². The summed E-state index contributed by atoms with van der Waals surface area (Å²) in [6, 6.07) is 7.61. The minimum atomic E-state index is -4.28. The smallest absolute Gasteiger partial charge is 0.244 e. The van der Waals surface area contributed by atoms with Gasteiger partial charge in [-0.15, -0.1) is 0 Å². The molecule has 2 aliphatic heterocycles. The molecule has 212 valence electrons. The van der Waals surface area contributed by atoms with E-state index in [0.29, 0.717) is 36.7 Å². The number of morpholine rings is 1. The van der Waals surface area contributed by atoms with Crippen LogP contribution >= 0.6 is 11.6 Å². The Morgan fingerprint density at radius 2 is 1.79 bits per heavy atom. The Kier molecular flexibility index (Phi) is 9.12. The van der Waals surface area contributed by atoms with Crippen LogP contribution in [0.25, 0.3) is 10.8 Å². The number of likely N-dealkylation sites (N-methyl/N-ethyl adjacent to an activating group) is 1. The normalized spacial score (nSPS) is 19.5. The molecule has 3 amide bonds. The summed E-state index contributed by atoms with van der Waals surface area (Å²) in [5, 5.41) is 1.90. The highest BCUT2D eigenvalue weighted by Gasteiger charge is 2.45. The van der Waals surface area contributed by atoms with E-state index < -0.39 is 40.5 Å². The van der Waals surface area contributed by atoms with E-state index >= 15 is 0 Å². The fourth-order valence-electron chi connectivity index (χ4n) is 5.02. The van der Waals surface area contributed by atoms with Crippen LogP contribution in [-0.2, 0) is 29.1 Å². The molecule has 0 spiro atoms. The van der Waals surface area contributed by atoms with Gasteiger partial charge in [-0.1, -0.05) is 23.7 Å². The molecule has 13 heteroatoms. The summed E-state index contributed by atoms with van der Waals surface area (Å²) < 4.78 is 33.6. The Hall–Kier alpha value is -2.77. The molecule has 2 saturated heterocycles. The maximum atomic E-state index is 13.7. The number of hydrogen-bond acceptors (Lipinski definition) is 7. The number of nitrogens with zero attached hydrogens (tertiary/aromatic N) is 4. The monoisotopic (exact) mass is 579 g/mol. The molecule has 0 saturated carbocycles. The first-order valence-electron chi connectivity index (χ1n) is 12.8. The first kappa shape index (κ1) is 29.2. The molecule has 2 heterocycles. The maximum absolute atomic E-state index is 13.7. The van der Waals surface area contributed by atoms with Crippen LogP contribution in [0.1, 0.15) is 13.3 Å². The van der Waals surface area contributed by atoms with Gasteiger partial charge in [0.2, 0.25) is 27.7 Å². The highest BCUT2D eigenvalue weighted by molar-refractivity contribution is 7.89. The Labute approximate surface area is 233 Å². The van der Waals surface area contributed by atoms with Crippen molar-refractivity contribution in [2.24, 2.45) is 5.73 Å². The maximum Gasteiger partial charge on any atom is 0.244 e. The second kappa shape index (κ2) is 12.2. The van der Waals surface area contributed by atoms with E-state index in [-0.39, 0.29) is 23.8 Å². The zero-order chi connectivity index (χ0) is 28.3. The minimum absolute atomic E-state index is 0.0724. The number of amides is 3. The zero-order valence-corrected chi connectivity index (χ0v) is 23.7. The van der Waals surface area contributed by atoms with Crippen LogP contribution in [0.2, 0.25) is 5.02 Å². The number of benzene rings is 2. The third-order valence-corrected chi connectivity index (χ3v) is 9.39. The molecule has 11 nitrogen and oxygen atoms in total. The summed E-state index contributed by atoms with van der Waals surface area (Å²) in [6.07, 6.45) is 0.129. The standard InChI is InChI=1S/C26H34ClN5O6S/c1-18(25(34)29(2)9-10-30-11-13-38-14-12-30)31-8-7-23(26(31)35)32(17-24(28)33)39(36,37)22-6-4-19-15-21(27)5-3-20(19)16-22/h3-6,15-16,18,23H,7-14,17H2,1-2H3,(H2,28,33)/t18-,23-/m0/s1. The van der Waals surface area contributed by atoms with Crippen LogP contribution < -0.4 is 5.73 Å². The van der Waals surface area contributed by atoms with E-state index in [2.05, 4.69) is 4.90 Å². The summed E-state index contributed by atoms with van der Waals surface area (Å²) in [5.74, 6) is -1.66. The largest absolute Gasteiger partial charge is 0.379 e. The van der Waals surface area contributed by atoms with Crippen molar-refractivity contribution in [1.29, 1.82) is 0 Å². The predicted molar refractivity (Wildman–Crippen MR) is 147 cm³/mol. The Bertz CT molecular complexity index is 1350. The highest BCUT2D eigenvalue weighted by Crippen LogP contribution is 2.29. The second-order valence-electron chi connectivity index (χ2n) is 9.90. The number of carbonyl (C=O) groups excluding carboxylic acids is 3. The van der Waals surface area contributed by atoms with Gasteiger partial charge in [0.15, 0.2) is 0 Å². The summed E-state index contributed by atoms with van der Waals surface area (Å²) in [6.45, 7) is 5.27. The molecule has 2 N–H and O–H groups in total. The van der Waals surface area contributed by atoms with Gasteiger partial charge in [-0.05, 0) is 48.4 Å². The molecule has 2 atom stereocenters. The fraction of sp³-hybridized carbons (Fsp3) is 0.500. The summed E-state index contributed by atoms with van der Waals surface area (Å²) in [5.41, 5.74) is 5.41. The van der Waals surface area contributed by atoms with Crippen molar-refractivity contribution in [3.63, 3.8) is 0 Å². The third kappa shape index (κ3) is 6.52. The third-order valence-electron chi connectivity index (χ3n) is 7.31. The highest BCUT2D eigenvalue weighted by atomic mass is 35.5. The quantitative estimate of drug-likeness (QED) is 0.439. The van der Waals surface area contributed by atoms with Crippen molar-refractivity contribution in [3.05, 3.63) is 41.4 Å². The number of ether oxygens (including phenoxy) is 1. The number of hydrogen-bond donors (Lipinski definition) is 1. The van der Waals surface area contributed by atoms with E-state index in [1.54, 1.807) is 43.1 Å². The van der Waals surface area contributed by atoms with Crippen molar-refractivity contribution in [2.75, 3.05) is 59.5 Å². The molecule has 2 fully saturated rings. The minimum Gasteiger partial charge on any atom is -0.379 e. The van der Waals surface area contributed by atoms with Gasteiger partial charge < -0.3 is 20.3 Å². The number of fused-ring (bicyclic) bond motifs is 1. The first-order valence-corrected chi connectivity index (χ1v) is 14.7. The molecule has 0 aliphatic carbocycles. The molecule has 2 aromatic carbocycles. The van der Waals surface area contributed by atoms with E-state index in [1.165, 1.54) is 17.0 Å². The SMILES string of the molecule is C[C@@H](C(=O)N(C)CCN1CCOCC1)N1CC[C@H](N(CC(N)=O)S(=O)(=O)c2ccc3cc(Cl)ccc3c2)C1=O. The number of rotatable bonds is 10. The molecule has 2 aliphatic rings. The van der Waals surface area contributed by atoms with Crippen LogP contribution in [0.15, 0.2) is 41.3 Å². The lowest BCUT2D eigenvalue weighted by Gasteiger charge is -2.32. The number of nitrogens with two attached hydrogens (primary N) is 1. The van der Waals surface area contributed by atoms with Crippen LogP contribution in [0.4, 0.5) is 0 Å². The number of carbonyl (C=O) groups is 3. The Morgan fingerprint density at radius 1 is 1.13 bits per heavy atom. The second-order valence-corrected chi connectivity index (χ2v) is 12.2. The molecule has 0 unspecified atom stereocenters. The van der Waals surface area contributed by atoms with E-state index in [0.717, 1.165) is 22.8 Å².